The molecule has 2 rings (SSSR count). The van der Waals surface area contributed by atoms with Crippen LogP contribution in [0.15, 0.2) is 48.5 Å². The van der Waals surface area contributed by atoms with Gasteiger partial charge in [0.2, 0.25) is 5.91 Å². The molecule has 0 spiro atoms. The van der Waals surface area contributed by atoms with Gasteiger partial charge in [0.25, 0.3) is 0 Å². The highest BCUT2D eigenvalue weighted by Gasteiger charge is 2.27. The van der Waals surface area contributed by atoms with Crippen LogP contribution in [0.5, 0.6) is 0 Å². The topological polar surface area (TPSA) is 69.7 Å². The molecule has 2 aromatic rings. The van der Waals surface area contributed by atoms with Gasteiger partial charge in [0.05, 0.1) is 5.69 Å². The lowest BCUT2D eigenvalue weighted by atomic mass is 10.1. The van der Waals surface area contributed by atoms with Crippen LogP contribution < -0.4 is 9.62 Å². The Morgan fingerprint density at radius 1 is 1.11 bits per heavy atom. The van der Waals surface area contributed by atoms with E-state index in [2.05, 4.69) is 5.32 Å². The molecule has 0 aromatic heterocycles. The monoisotopic (exact) mass is 427 g/mol. The van der Waals surface area contributed by atoms with E-state index in [1.807, 2.05) is 24.3 Å². The molecule has 0 aliphatic rings. The Labute approximate surface area is 170 Å². The minimum absolute atomic E-state index is 0.210. The third kappa shape index (κ3) is 5.92. The number of hydrogen-bond donors (Lipinski definition) is 1. The molecule has 28 heavy (non-hydrogen) atoms. The number of nitrogens with zero attached hydrogens (tertiary/aromatic N) is 2. The van der Waals surface area contributed by atoms with Gasteiger partial charge < -0.3 is 5.32 Å². The molecule has 1 amide bonds. The number of benzene rings is 2. The summed E-state index contributed by atoms with van der Waals surface area (Å²) in [5.41, 5.74) is 1.20. The van der Waals surface area contributed by atoms with E-state index in [0.29, 0.717) is 24.4 Å². The summed E-state index contributed by atoms with van der Waals surface area (Å²) in [6, 6.07) is 12.4. The fourth-order valence-electron chi connectivity index (χ4n) is 2.50. The number of carbonyl (C=O) groups excluding carboxylic acids is 1. The van der Waals surface area contributed by atoms with Crippen molar-refractivity contribution >= 4 is 33.4 Å². The van der Waals surface area contributed by atoms with Crippen LogP contribution in [0, 0.1) is 5.82 Å². The molecule has 1 N–H and O–H groups in total. The lowest BCUT2D eigenvalue weighted by molar-refractivity contribution is -0.119. The Morgan fingerprint density at radius 2 is 1.75 bits per heavy atom. The van der Waals surface area contributed by atoms with Crippen molar-refractivity contribution in [1.29, 1.82) is 0 Å². The second-order valence-electron chi connectivity index (χ2n) is 6.32. The van der Waals surface area contributed by atoms with Crippen LogP contribution >= 0.6 is 11.6 Å². The number of hydrogen-bond acceptors (Lipinski definition) is 3. The maximum absolute atomic E-state index is 13.2. The second kappa shape index (κ2) is 9.86. The number of carbonyl (C=O) groups is 1. The number of aryl methyl sites for hydroxylation is 1. The smallest absolute Gasteiger partial charge is 0.304 e. The van der Waals surface area contributed by atoms with Gasteiger partial charge in [-0.1, -0.05) is 29.8 Å². The first-order chi connectivity index (χ1) is 13.2. The molecule has 152 valence electrons. The average molecular weight is 428 g/mol. The minimum atomic E-state index is -3.91. The number of anilines is 1. The highest BCUT2D eigenvalue weighted by atomic mass is 35.5. The minimum Gasteiger partial charge on any atom is -0.355 e. The number of nitrogens with one attached hydrogen (secondary N) is 1. The average Bonchev–Trinajstić information content (AvgIpc) is 2.65. The molecule has 0 atom stereocenters. The predicted octanol–water partition coefficient (Wildman–Crippen LogP) is 2.84. The zero-order valence-corrected chi connectivity index (χ0v) is 17.3. The van der Waals surface area contributed by atoms with Crippen LogP contribution in [0.1, 0.15) is 12.0 Å². The molecular formula is C19H23ClFN3O3S. The van der Waals surface area contributed by atoms with E-state index in [0.717, 1.165) is 26.3 Å². The van der Waals surface area contributed by atoms with E-state index >= 15 is 0 Å². The largest absolute Gasteiger partial charge is 0.355 e. The Bertz CT molecular complexity index is 905. The van der Waals surface area contributed by atoms with Gasteiger partial charge in [-0.2, -0.15) is 12.7 Å². The highest BCUT2D eigenvalue weighted by Crippen LogP contribution is 2.20. The van der Waals surface area contributed by atoms with Crippen molar-refractivity contribution in [3.8, 4) is 0 Å². The first kappa shape index (κ1) is 22.1. The summed E-state index contributed by atoms with van der Waals surface area (Å²) in [5, 5.41) is 3.39. The first-order valence-electron chi connectivity index (χ1n) is 8.67. The summed E-state index contributed by atoms with van der Waals surface area (Å²) >= 11 is 6.10. The molecule has 0 unspecified atom stereocenters. The second-order valence-corrected chi connectivity index (χ2v) is 8.79. The third-order valence-corrected chi connectivity index (χ3v) is 6.23. The molecular weight excluding hydrogens is 405 g/mol. The summed E-state index contributed by atoms with van der Waals surface area (Å²) in [4.78, 5) is 12.3. The fraction of sp³-hybridized carbons (Fsp3) is 0.316. The molecule has 0 aliphatic carbocycles. The van der Waals surface area contributed by atoms with E-state index in [1.165, 1.54) is 26.2 Å². The lowest BCUT2D eigenvalue weighted by Gasteiger charge is -2.26. The molecule has 0 aliphatic heterocycles. The Morgan fingerprint density at radius 3 is 2.36 bits per heavy atom. The Hall–Kier alpha value is -2.16. The van der Waals surface area contributed by atoms with E-state index in [9.17, 15) is 17.6 Å². The zero-order valence-electron chi connectivity index (χ0n) is 15.7. The van der Waals surface area contributed by atoms with Gasteiger partial charge >= 0.3 is 10.2 Å². The van der Waals surface area contributed by atoms with Gasteiger partial charge in [0.1, 0.15) is 12.4 Å². The maximum Gasteiger partial charge on any atom is 0.304 e. The van der Waals surface area contributed by atoms with Gasteiger partial charge in [0.15, 0.2) is 0 Å². The predicted molar refractivity (Wildman–Crippen MR) is 109 cm³/mol. The summed E-state index contributed by atoms with van der Waals surface area (Å²) in [5.74, 6) is -0.941. The SMILES string of the molecule is CN(C)S(=O)(=O)N(CC(=O)NCCCc1ccccc1Cl)c1ccc(F)cc1. The summed E-state index contributed by atoms with van der Waals surface area (Å²) < 4.78 is 40.3. The summed E-state index contributed by atoms with van der Waals surface area (Å²) in [7, 11) is -1.18. The normalized spacial score (nSPS) is 11.5. The fourth-order valence-corrected chi connectivity index (χ4v) is 3.80. The molecule has 0 saturated heterocycles. The molecule has 0 fully saturated rings. The van der Waals surface area contributed by atoms with E-state index < -0.39 is 28.5 Å². The van der Waals surface area contributed by atoms with Crippen molar-refractivity contribution in [2.75, 3.05) is 31.5 Å². The molecule has 6 nitrogen and oxygen atoms in total. The number of amides is 1. The van der Waals surface area contributed by atoms with Crippen molar-refractivity contribution in [3.63, 3.8) is 0 Å². The Kier molecular flexibility index (Phi) is 7.79. The number of halogens is 2. The van der Waals surface area contributed by atoms with Crippen LogP contribution in [-0.2, 0) is 21.4 Å². The highest BCUT2D eigenvalue weighted by molar-refractivity contribution is 7.90. The molecule has 2 aromatic carbocycles. The van der Waals surface area contributed by atoms with Crippen LogP contribution in [0.25, 0.3) is 0 Å². The first-order valence-corrected chi connectivity index (χ1v) is 10.4. The molecule has 9 heteroatoms. The van der Waals surface area contributed by atoms with Gasteiger partial charge in [-0.3, -0.25) is 4.79 Å². The molecule has 0 bridgehead atoms. The molecule has 0 radical (unpaired) electrons. The van der Waals surface area contributed by atoms with Crippen molar-refractivity contribution in [2.24, 2.45) is 0 Å². The van der Waals surface area contributed by atoms with E-state index in [4.69, 9.17) is 11.6 Å². The van der Waals surface area contributed by atoms with Crippen molar-refractivity contribution in [1.82, 2.24) is 9.62 Å². The van der Waals surface area contributed by atoms with Gasteiger partial charge in [-0.05, 0) is 48.7 Å². The van der Waals surface area contributed by atoms with E-state index in [1.54, 1.807) is 0 Å². The zero-order chi connectivity index (χ0) is 20.7. The van der Waals surface area contributed by atoms with Gasteiger partial charge in [-0.25, -0.2) is 8.70 Å². The lowest BCUT2D eigenvalue weighted by Crippen LogP contribution is -2.46. The van der Waals surface area contributed by atoms with Crippen LogP contribution in [0.2, 0.25) is 5.02 Å². The summed E-state index contributed by atoms with van der Waals surface area (Å²) in [6.07, 6.45) is 1.35. The number of rotatable bonds is 9. The van der Waals surface area contributed by atoms with E-state index in [-0.39, 0.29) is 5.69 Å². The molecule has 0 heterocycles. The van der Waals surface area contributed by atoms with Gasteiger partial charge in [0, 0.05) is 25.7 Å². The Balaban J connectivity index is 1.98. The summed E-state index contributed by atoms with van der Waals surface area (Å²) in [6.45, 7) is -0.0262. The maximum atomic E-state index is 13.2. The van der Waals surface area contributed by atoms with Crippen molar-refractivity contribution < 1.29 is 17.6 Å². The third-order valence-electron chi connectivity index (χ3n) is 4.04. The van der Waals surface area contributed by atoms with Crippen molar-refractivity contribution in [2.45, 2.75) is 12.8 Å². The van der Waals surface area contributed by atoms with Crippen LogP contribution in [-0.4, -0.2) is 45.8 Å². The van der Waals surface area contributed by atoms with Crippen LogP contribution in [0.4, 0.5) is 10.1 Å². The quantitative estimate of drug-likeness (QED) is 0.625. The van der Waals surface area contributed by atoms with Crippen LogP contribution in [0.3, 0.4) is 0 Å². The molecule has 0 saturated carbocycles. The standard InChI is InChI=1S/C19H23ClFN3O3S/c1-23(2)28(26,27)24(17-11-9-16(21)10-12-17)14-19(25)22-13-5-7-15-6-3-4-8-18(15)20/h3-4,6,8-12H,5,7,13-14H2,1-2H3,(H,22,25). The van der Waals surface area contributed by atoms with Crippen molar-refractivity contribution in [3.05, 3.63) is 64.9 Å². The van der Waals surface area contributed by atoms with Gasteiger partial charge in [-0.15, -0.1) is 0 Å².